The number of piperidine rings is 1. The van der Waals surface area contributed by atoms with Crippen LogP contribution in [-0.2, 0) is 0 Å². The van der Waals surface area contributed by atoms with Crippen molar-refractivity contribution in [2.45, 2.75) is 31.8 Å². The molecule has 2 heterocycles. The Morgan fingerprint density at radius 1 is 1.48 bits per heavy atom. The first-order valence-electron chi connectivity index (χ1n) is 7.00. The number of H-pyrrole nitrogens is 1. The maximum absolute atomic E-state index is 9.46. The lowest BCUT2D eigenvalue weighted by molar-refractivity contribution is 0.416. The van der Waals surface area contributed by atoms with E-state index in [0.717, 1.165) is 24.9 Å². The number of phenolic OH excluding ortho intramolecular Hbond substituents is 1. The van der Waals surface area contributed by atoms with Gasteiger partial charge in [-0.3, -0.25) is 5.10 Å². The molecule has 0 spiro atoms. The van der Waals surface area contributed by atoms with Crippen molar-refractivity contribution in [1.29, 1.82) is 0 Å². The second-order valence-corrected chi connectivity index (χ2v) is 5.80. The number of hydrogen-bond acceptors (Lipinski definition) is 5. The van der Waals surface area contributed by atoms with E-state index < -0.39 is 0 Å². The highest BCUT2D eigenvalue weighted by atomic mass is 35.5. The summed E-state index contributed by atoms with van der Waals surface area (Å²) in [4.78, 5) is 6.64. The number of hydrogen-bond donors (Lipinski definition) is 3. The highest BCUT2D eigenvalue weighted by Crippen LogP contribution is 2.29. The average molecular weight is 308 g/mol. The minimum absolute atomic E-state index is 0.0516. The first-order valence-corrected chi connectivity index (χ1v) is 7.37. The minimum atomic E-state index is 0.0516. The molecule has 7 heteroatoms. The molecule has 0 aliphatic carbocycles. The molecule has 1 aromatic carbocycles. The molecule has 0 radical (unpaired) electrons. The predicted molar refractivity (Wildman–Crippen MR) is 82.5 cm³/mol. The van der Waals surface area contributed by atoms with Crippen LogP contribution in [0.25, 0.3) is 11.4 Å². The fourth-order valence-electron chi connectivity index (χ4n) is 2.62. The van der Waals surface area contributed by atoms with Crippen LogP contribution in [0.15, 0.2) is 18.2 Å². The zero-order valence-corrected chi connectivity index (χ0v) is 12.5. The Morgan fingerprint density at radius 3 is 3.05 bits per heavy atom. The van der Waals surface area contributed by atoms with Crippen molar-refractivity contribution in [2.24, 2.45) is 5.73 Å². The van der Waals surface area contributed by atoms with E-state index >= 15 is 0 Å². The number of halogens is 1. The summed E-state index contributed by atoms with van der Waals surface area (Å²) in [6, 6.07) is 5.30. The smallest absolute Gasteiger partial charge is 0.245 e. The minimum Gasteiger partial charge on any atom is -0.506 e. The number of rotatable bonds is 2. The molecule has 21 heavy (non-hydrogen) atoms. The maximum Gasteiger partial charge on any atom is 0.245 e. The largest absolute Gasteiger partial charge is 0.506 e. The number of nitrogens with two attached hydrogens (primary N) is 1. The second-order valence-electron chi connectivity index (χ2n) is 5.39. The molecular formula is C14H18ClN5O. The quantitative estimate of drug-likeness (QED) is 0.791. The Balaban J connectivity index is 1.87. The Morgan fingerprint density at radius 2 is 2.29 bits per heavy atom. The van der Waals surface area contributed by atoms with Gasteiger partial charge >= 0.3 is 0 Å². The van der Waals surface area contributed by atoms with E-state index in [2.05, 4.69) is 27.0 Å². The van der Waals surface area contributed by atoms with Crippen molar-refractivity contribution in [1.82, 2.24) is 15.2 Å². The Hall–Kier alpha value is -1.79. The molecule has 6 nitrogen and oxygen atoms in total. The molecule has 1 fully saturated rings. The van der Waals surface area contributed by atoms with Gasteiger partial charge < -0.3 is 15.7 Å². The van der Waals surface area contributed by atoms with Crippen LogP contribution in [-0.4, -0.2) is 38.9 Å². The lowest BCUT2D eigenvalue weighted by Gasteiger charge is -2.36. The average Bonchev–Trinajstić information content (AvgIpc) is 2.94. The van der Waals surface area contributed by atoms with Gasteiger partial charge in [0, 0.05) is 24.2 Å². The van der Waals surface area contributed by atoms with E-state index in [-0.39, 0.29) is 17.8 Å². The van der Waals surface area contributed by atoms with Gasteiger partial charge in [-0.1, -0.05) is 11.6 Å². The van der Waals surface area contributed by atoms with Crippen LogP contribution in [0.4, 0.5) is 5.95 Å². The lowest BCUT2D eigenvalue weighted by atomic mass is 9.99. The van der Waals surface area contributed by atoms with Crippen molar-refractivity contribution in [3.63, 3.8) is 0 Å². The summed E-state index contributed by atoms with van der Waals surface area (Å²) in [6.07, 6.45) is 2.07. The summed E-state index contributed by atoms with van der Waals surface area (Å²) in [7, 11) is 0. The van der Waals surface area contributed by atoms with E-state index in [9.17, 15) is 5.11 Å². The fourth-order valence-corrected chi connectivity index (χ4v) is 2.80. The third kappa shape index (κ3) is 2.69. The SMILES string of the molecule is CC1C(N)CCCN1c1n[nH]c(-c2ccc(O)c(Cl)c2)n1. The van der Waals surface area contributed by atoms with E-state index in [1.54, 1.807) is 18.2 Å². The fraction of sp³-hybridized carbons (Fsp3) is 0.429. The molecule has 1 aliphatic rings. The predicted octanol–water partition coefficient (Wildman–Crippen LogP) is 2.15. The van der Waals surface area contributed by atoms with Gasteiger partial charge in [-0.25, -0.2) is 0 Å². The van der Waals surface area contributed by atoms with Gasteiger partial charge in [0.25, 0.3) is 0 Å². The van der Waals surface area contributed by atoms with Crippen molar-refractivity contribution >= 4 is 17.5 Å². The van der Waals surface area contributed by atoms with Crippen molar-refractivity contribution in [3.05, 3.63) is 23.2 Å². The van der Waals surface area contributed by atoms with Crippen LogP contribution in [0.1, 0.15) is 19.8 Å². The number of benzene rings is 1. The number of anilines is 1. The van der Waals surface area contributed by atoms with Crippen LogP contribution in [0.3, 0.4) is 0 Å². The molecule has 1 saturated heterocycles. The van der Waals surface area contributed by atoms with E-state index in [0.29, 0.717) is 16.8 Å². The Kier molecular flexibility index (Phi) is 3.73. The third-order valence-corrected chi connectivity index (χ3v) is 4.30. The van der Waals surface area contributed by atoms with Gasteiger partial charge in [0.15, 0.2) is 5.82 Å². The van der Waals surface area contributed by atoms with Crippen LogP contribution in [0, 0.1) is 0 Å². The van der Waals surface area contributed by atoms with Crippen LogP contribution in [0.2, 0.25) is 5.02 Å². The molecular weight excluding hydrogens is 290 g/mol. The van der Waals surface area contributed by atoms with E-state index in [1.807, 2.05) is 0 Å². The third-order valence-electron chi connectivity index (χ3n) is 4.00. The van der Waals surface area contributed by atoms with Crippen molar-refractivity contribution < 1.29 is 5.11 Å². The first-order chi connectivity index (χ1) is 10.1. The summed E-state index contributed by atoms with van der Waals surface area (Å²) >= 11 is 5.92. The summed E-state index contributed by atoms with van der Waals surface area (Å²) in [6.45, 7) is 3.00. The standard InChI is InChI=1S/C14H18ClN5O/c1-8-11(16)3-2-6-20(8)14-17-13(18-19-14)9-4-5-12(21)10(15)7-9/h4-5,7-8,11,21H,2-3,6,16H2,1H3,(H,17,18,19). The molecule has 3 rings (SSSR count). The Labute approximate surface area is 127 Å². The van der Waals surface area contributed by atoms with Gasteiger partial charge in [0.2, 0.25) is 5.95 Å². The molecule has 1 aromatic heterocycles. The van der Waals surface area contributed by atoms with E-state index in [1.165, 1.54) is 0 Å². The first kappa shape index (κ1) is 14.2. The molecule has 112 valence electrons. The molecule has 2 aromatic rings. The zero-order chi connectivity index (χ0) is 15.0. The molecule has 0 bridgehead atoms. The number of aromatic nitrogens is 3. The van der Waals surface area contributed by atoms with Crippen LogP contribution >= 0.6 is 11.6 Å². The number of nitrogens with zero attached hydrogens (tertiary/aromatic N) is 3. The summed E-state index contributed by atoms with van der Waals surface area (Å²) in [5.74, 6) is 1.32. The van der Waals surface area contributed by atoms with Crippen molar-refractivity contribution in [2.75, 3.05) is 11.4 Å². The van der Waals surface area contributed by atoms with Gasteiger partial charge in [-0.2, -0.15) is 4.98 Å². The molecule has 4 N–H and O–H groups in total. The summed E-state index contributed by atoms with van der Waals surface area (Å²) in [5.41, 5.74) is 6.89. The van der Waals surface area contributed by atoms with Gasteiger partial charge in [-0.15, -0.1) is 5.10 Å². The molecule has 2 unspecified atom stereocenters. The van der Waals surface area contributed by atoms with Gasteiger partial charge in [0.05, 0.1) is 5.02 Å². The number of phenols is 1. The number of nitrogens with one attached hydrogen (secondary N) is 1. The van der Waals surface area contributed by atoms with E-state index in [4.69, 9.17) is 17.3 Å². The molecule has 0 amide bonds. The van der Waals surface area contributed by atoms with Crippen LogP contribution < -0.4 is 10.6 Å². The van der Waals surface area contributed by atoms with Gasteiger partial charge in [0.1, 0.15) is 5.75 Å². The number of aromatic amines is 1. The van der Waals surface area contributed by atoms with Crippen molar-refractivity contribution in [3.8, 4) is 17.1 Å². The highest BCUT2D eigenvalue weighted by molar-refractivity contribution is 6.32. The monoisotopic (exact) mass is 307 g/mol. The molecule has 1 aliphatic heterocycles. The highest BCUT2D eigenvalue weighted by Gasteiger charge is 2.27. The number of aromatic hydroxyl groups is 1. The summed E-state index contributed by atoms with van der Waals surface area (Å²) < 4.78 is 0. The topological polar surface area (TPSA) is 91.1 Å². The molecule has 0 saturated carbocycles. The maximum atomic E-state index is 9.46. The lowest BCUT2D eigenvalue weighted by Crippen LogP contribution is -2.50. The molecule has 2 atom stereocenters. The zero-order valence-electron chi connectivity index (χ0n) is 11.8. The van der Waals surface area contributed by atoms with Gasteiger partial charge in [-0.05, 0) is 38.0 Å². The Bertz CT molecular complexity index is 644. The summed E-state index contributed by atoms with van der Waals surface area (Å²) in [5, 5.41) is 17.0. The van der Waals surface area contributed by atoms with Crippen LogP contribution in [0.5, 0.6) is 5.75 Å². The second kappa shape index (κ2) is 5.54. The normalized spacial score (nSPS) is 22.5.